The van der Waals surface area contributed by atoms with Crippen molar-refractivity contribution in [2.75, 3.05) is 17.2 Å². The van der Waals surface area contributed by atoms with Gasteiger partial charge in [-0.1, -0.05) is 17.9 Å². The third-order valence-corrected chi connectivity index (χ3v) is 4.37. The van der Waals surface area contributed by atoms with E-state index in [0.29, 0.717) is 5.76 Å². The van der Waals surface area contributed by atoms with E-state index in [1.807, 2.05) is 18.2 Å². The fourth-order valence-corrected chi connectivity index (χ4v) is 3.02. The van der Waals surface area contributed by atoms with E-state index in [1.54, 1.807) is 25.3 Å². The molecule has 2 aromatic heterocycles. The van der Waals surface area contributed by atoms with Crippen LogP contribution in [0.25, 0.3) is 0 Å². The number of benzene rings is 1. The zero-order valence-corrected chi connectivity index (χ0v) is 14.3. The van der Waals surface area contributed by atoms with Gasteiger partial charge in [0.15, 0.2) is 5.60 Å². The van der Waals surface area contributed by atoms with Crippen LogP contribution in [0.15, 0.2) is 53.3 Å². The van der Waals surface area contributed by atoms with Gasteiger partial charge in [-0.3, -0.25) is 0 Å². The van der Waals surface area contributed by atoms with Gasteiger partial charge in [-0.05, 0) is 49.2 Å². The van der Waals surface area contributed by atoms with Gasteiger partial charge in [0.1, 0.15) is 11.6 Å². The largest absolute Gasteiger partial charge is 0.465 e. The summed E-state index contributed by atoms with van der Waals surface area (Å²) in [4.78, 5) is 10.4. The van der Waals surface area contributed by atoms with E-state index in [9.17, 15) is 5.11 Å². The molecule has 0 radical (unpaired) electrons. The number of hydrogen-bond donors (Lipinski definition) is 2. The van der Waals surface area contributed by atoms with Crippen molar-refractivity contribution in [1.82, 2.24) is 9.97 Å². The fraction of sp³-hybridized carbons (Fsp3) is 0.200. The van der Waals surface area contributed by atoms with Crippen molar-refractivity contribution in [3.8, 4) is 11.8 Å². The topological polar surface area (TPSA) is 88.4 Å². The van der Waals surface area contributed by atoms with Crippen molar-refractivity contribution in [1.29, 1.82) is 0 Å². The van der Waals surface area contributed by atoms with E-state index in [0.717, 1.165) is 30.0 Å². The highest BCUT2D eigenvalue weighted by molar-refractivity contribution is 5.69. The van der Waals surface area contributed by atoms with E-state index in [2.05, 4.69) is 32.8 Å². The molecule has 1 aliphatic rings. The average Bonchev–Trinajstić information content (AvgIpc) is 3.30. The van der Waals surface area contributed by atoms with Crippen molar-refractivity contribution in [2.45, 2.75) is 18.9 Å². The highest BCUT2D eigenvalue weighted by Crippen LogP contribution is 2.34. The lowest BCUT2D eigenvalue weighted by atomic mass is 10.0. The number of fused-ring (bicyclic) bond motifs is 1. The molecule has 4 rings (SSSR count). The van der Waals surface area contributed by atoms with Crippen LogP contribution in [-0.4, -0.2) is 21.6 Å². The van der Waals surface area contributed by atoms with Gasteiger partial charge >= 0.3 is 0 Å². The molecule has 1 aliphatic heterocycles. The second kappa shape index (κ2) is 6.21. The first-order valence-electron chi connectivity index (χ1n) is 8.31. The molecule has 26 heavy (non-hydrogen) atoms. The van der Waals surface area contributed by atoms with Crippen LogP contribution in [0.1, 0.15) is 23.8 Å². The van der Waals surface area contributed by atoms with Crippen molar-refractivity contribution in [3.05, 3.63) is 65.7 Å². The molecule has 0 saturated heterocycles. The van der Waals surface area contributed by atoms with Crippen LogP contribution in [0, 0.1) is 11.8 Å². The first-order chi connectivity index (χ1) is 12.5. The molecule has 1 unspecified atom stereocenters. The minimum absolute atomic E-state index is 0.251. The Kier molecular flexibility index (Phi) is 3.86. The molecule has 6 nitrogen and oxygen atoms in total. The first-order valence-corrected chi connectivity index (χ1v) is 8.31. The Labute approximate surface area is 151 Å². The van der Waals surface area contributed by atoms with Crippen LogP contribution in [0.4, 0.5) is 17.5 Å². The Morgan fingerprint density at radius 3 is 2.96 bits per heavy atom. The third kappa shape index (κ3) is 3.01. The molecule has 0 aliphatic carbocycles. The summed E-state index contributed by atoms with van der Waals surface area (Å²) in [7, 11) is 0. The van der Waals surface area contributed by atoms with Gasteiger partial charge in [0.2, 0.25) is 5.95 Å². The summed E-state index contributed by atoms with van der Waals surface area (Å²) in [6.07, 6.45) is 4.10. The maximum Gasteiger partial charge on any atom is 0.221 e. The van der Waals surface area contributed by atoms with E-state index < -0.39 is 5.60 Å². The van der Waals surface area contributed by atoms with Gasteiger partial charge in [0.25, 0.3) is 0 Å². The van der Waals surface area contributed by atoms with Crippen LogP contribution in [0.3, 0.4) is 0 Å². The minimum atomic E-state index is -1.34. The highest BCUT2D eigenvalue weighted by atomic mass is 16.4. The van der Waals surface area contributed by atoms with Gasteiger partial charge < -0.3 is 20.2 Å². The fourth-order valence-electron chi connectivity index (χ4n) is 3.02. The van der Waals surface area contributed by atoms with E-state index >= 15 is 0 Å². The predicted molar refractivity (Wildman–Crippen MR) is 98.8 cm³/mol. The van der Waals surface area contributed by atoms with E-state index in [-0.39, 0.29) is 5.95 Å². The average molecular weight is 346 g/mol. The summed E-state index contributed by atoms with van der Waals surface area (Å²) < 4.78 is 5.26. The Morgan fingerprint density at radius 1 is 1.31 bits per heavy atom. The Hall–Kier alpha value is -3.30. The molecule has 1 aromatic carbocycles. The summed E-state index contributed by atoms with van der Waals surface area (Å²) in [5.74, 6) is 7.36. The van der Waals surface area contributed by atoms with Crippen molar-refractivity contribution in [3.63, 3.8) is 0 Å². The lowest BCUT2D eigenvalue weighted by Gasteiger charge is -2.18. The molecule has 6 heteroatoms. The van der Waals surface area contributed by atoms with E-state index in [4.69, 9.17) is 10.2 Å². The van der Waals surface area contributed by atoms with Crippen LogP contribution in [-0.2, 0) is 12.0 Å². The molecular formula is C20H18N4O2. The molecule has 0 saturated carbocycles. The number of nitrogens with zero attached hydrogens (tertiary/aromatic N) is 3. The molecule has 3 N–H and O–H groups in total. The molecule has 130 valence electrons. The van der Waals surface area contributed by atoms with Crippen LogP contribution in [0.2, 0.25) is 0 Å². The highest BCUT2D eigenvalue weighted by Gasteiger charge is 2.24. The first kappa shape index (κ1) is 16.2. The minimum Gasteiger partial charge on any atom is -0.465 e. The normalized spacial score (nSPS) is 15.1. The number of hydrogen-bond acceptors (Lipinski definition) is 6. The Balaban J connectivity index is 1.66. The van der Waals surface area contributed by atoms with Crippen molar-refractivity contribution in [2.24, 2.45) is 0 Å². The lowest BCUT2D eigenvalue weighted by molar-refractivity contribution is 0.0954. The van der Waals surface area contributed by atoms with Gasteiger partial charge in [-0.2, -0.15) is 4.98 Å². The smallest absolute Gasteiger partial charge is 0.221 e. The van der Waals surface area contributed by atoms with Crippen LogP contribution >= 0.6 is 0 Å². The van der Waals surface area contributed by atoms with Crippen LogP contribution < -0.4 is 10.6 Å². The zero-order valence-electron chi connectivity index (χ0n) is 14.3. The number of nitrogen functional groups attached to an aromatic ring is 1. The van der Waals surface area contributed by atoms with E-state index in [1.165, 1.54) is 11.8 Å². The number of nitrogens with two attached hydrogens (primary N) is 1. The maximum atomic E-state index is 10.5. The Bertz CT molecular complexity index is 1000. The standard InChI is InChI=1S/C20H18N4O2/c1-20(25,17-3-2-12-26-17)9-6-14-4-5-15-8-11-24(16(15)13-14)18-7-10-22-19(21)23-18/h2-5,7,10,12-13,25H,8,11H2,1H3,(H2,21,22,23). The number of aliphatic hydroxyl groups is 1. The number of rotatable bonds is 2. The van der Waals surface area contributed by atoms with Gasteiger partial charge in [-0.25, -0.2) is 4.98 Å². The SMILES string of the molecule is CC(O)(C#Cc1ccc2c(c1)N(c1ccnc(N)n1)CC2)c1ccco1. The third-order valence-electron chi connectivity index (χ3n) is 4.37. The molecule has 0 spiro atoms. The van der Waals surface area contributed by atoms with Crippen molar-refractivity contribution < 1.29 is 9.52 Å². The molecule has 1 atom stereocenters. The maximum absolute atomic E-state index is 10.5. The van der Waals surface area contributed by atoms with Gasteiger partial charge in [0.05, 0.1) is 6.26 Å². The summed E-state index contributed by atoms with van der Waals surface area (Å²) in [5, 5.41) is 10.5. The molecule has 3 aromatic rings. The summed E-state index contributed by atoms with van der Waals surface area (Å²) in [5.41, 5.74) is 7.45. The predicted octanol–water partition coefficient (Wildman–Crippen LogP) is 2.61. The summed E-state index contributed by atoms with van der Waals surface area (Å²) in [6.45, 7) is 2.44. The monoisotopic (exact) mass is 346 g/mol. The number of anilines is 3. The second-order valence-corrected chi connectivity index (χ2v) is 6.32. The number of aromatic nitrogens is 2. The zero-order chi connectivity index (χ0) is 18.1. The van der Waals surface area contributed by atoms with Gasteiger partial charge in [-0.15, -0.1) is 0 Å². The van der Waals surface area contributed by atoms with Gasteiger partial charge in [0, 0.05) is 24.0 Å². The second-order valence-electron chi connectivity index (χ2n) is 6.32. The molecule has 0 bridgehead atoms. The molecule has 0 amide bonds. The Morgan fingerprint density at radius 2 is 2.19 bits per heavy atom. The van der Waals surface area contributed by atoms with Crippen LogP contribution in [0.5, 0.6) is 0 Å². The molecular weight excluding hydrogens is 328 g/mol. The molecule has 3 heterocycles. The quantitative estimate of drug-likeness (QED) is 0.694. The number of furan rings is 1. The molecule has 0 fully saturated rings. The van der Waals surface area contributed by atoms with Crippen molar-refractivity contribution >= 4 is 17.5 Å². The summed E-state index contributed by atoms with van der Waals surface area (Å²) >= 11 is 0. The summed E-state index contributed by atoms with van der Waals surface area (Å²) in [6, 6.07) is 11.3. The lowest BCUT2D eigenvalue weighted by Crippen LogP contribution is -2.17.